The number of hydrogen-bond acceptors (Lipinski definition) is 3. The third kappa shape index (κ3) is 5.49. The van der Waals surface area contributed by atoms with Gasteiger partial charge in [-0.15, -0.1) is 0 Å². The molecule has 0 aliphatic heterocycles. The number of anilines is 1. The van der Waals surface area contributed by atoms with Gasteiger partial charge in [-0.3, -0.25) is 9.59 Å². The van der Waals surface area contributed by atoms with Crippen molar-refractivity contribution in [1.29, 1.82) is 0 Å². The standard InChI is InChI=1S/C12H14Cl2N4O3/c1-18(10(20)5-16-12(15)21)6-9(19)17-11-7(13)3-2-4-8(11)14/h2-4H,5-6H2,1H3,(H,17,19)(H3,15,16,21). The molecule has 1 aromatic rings. The molecule has 1 aromatic carbocycles. The zero-order chi connectivity index (χ0) is 16.0. The minimum atomic E-state index is -0.816. The topological polar surface area (TPSA) is 105 Å². The minimum Gasteiger partial charge on any atom is -0.352 e. The fourth-order valence-corrected chi connectivity index (χ4v) is 1.89. The molecule has 0 atom stereocenters. The molecule has 9 heteroatoms. The predicted octanol–water partition coefficient (Wildman–Crippen LogP) is 1.06. The van der Waals surface area contributed by atoms with Gasteiger partial charge in [-0.25, -0.2) is 4.79 Å². The van der Waals surface area contributed by atoms with Crippen LogP contribution in [0.4, 0.5) is 10.5 Å². The number of nitrogens with zero attached hydrogens (tertiary/aromatic N) is 1. The van der Waals surface area contributed by atoms with Crippen LogP contribution >= 0.6 is 23.2 Å². The van der Waals surface area contributed by atoms with Crippen LogP contribution in [-0.2, 0) is 9.59 Å². The van der Waals surface area contributed by atoms with Gasteiger partial charge in [-0.1, -0.05) is 29.3 Å². The molecule has 0 saturated heterocycles. The molecule has 21 heavy (non-hydrogen) atoms. The second-order valence-electron chi connectivity index (χ2n) is 4.11. The van der Waals surface area contributed by atoms with Crippen LogP contribution in [0.3, 0.4) is 0 Å². The molecule has 0 spiro atoms. The minimum absolute atomic E-state index is 0.221. The number of likely N-dealkylation sites (N-methyl/N-ethyl adjacent to an activating group) is 1. The number of nitrogens with one attached hydrogen (secondary N) is 2. The van der Waals surface area contributed by atoms with Crippen LogP contribution in [0.15, 0.2) is 18.2 Å². The summed E-state index contributed by atoms with van der Waals surface area (Å²) in [5.41, 5.74) is 5.13. The fourth-order valence-electron chi connectivity index (χ4n) is 1.40. The molecular formula is C12H14Cl2N4O3. The van der Waals surface area contributed by atoms with Gasteiger partial charge in [0.05, 0.1) is 28.8 Å². The molecule has 0 heterocycles. The number of benzene rings is 1. The average Bonchev–Trinajstić information content (AvgIpc) is 2.40. The Morgan fingerprint density at radius 3 is 2.33 bits per heavy atom. The molecule has 0 saturated carbocycles. The van der Waals surface area contributed by atoms with Crippen molar-refractivity contribution in [3.05, 3.63) is 28.2 Å². The van der Waals surface area contributed by atoms with E-state index in [2.05, 4.69) is 10.6 Å². The molecule has 0 aliphatic carbocycles. The summed E-state index contributed by atoms with van der Waals surface area (Å²) in [6.07, 6.45) is 0. The number of primary amides is 1. The lowest BCUT2D eigenvalue weighted by molar-refractivity contribution is -0.132. The first kappa shape index (κ1) is 17.1. The number of amides is 4. The van der Waals surface area contributed by atoms with E-state index < -0.39 is 17.8 Å². The Morgan fingerprint density at radius 1 is 1.24 bits per heavy atom. The summed E-state index contributed by atoms with van der Waals surface area (Å²) in [6, 6.07) is 3.98. The third-order valence-electron chi connectivity index (χ3n) is 2.45. The summed E-state index contributed by atoms with van der Waals surface area (Å²) in [7, 11) is 1.42. The highest BCUT2D eigenvalue weighted by Crippen LogP contribution is 2.29. The number of carbonyl (C=O) groups is 3. The van der Waals surface area contributed by atoms with Gasteiger partial charge in [0.1, 0.15) is 0 Å². The normalized spacial score (nSPS) is 9.86. The van der Waals surface area contributed by atoms with Crippen molar-refractivity contribution in [2.45, 2.75) is 0 Å². The van der Waals surface area contributed by atoms with Gasteiger partial charge in [0, 0.05) is 7.05 Å². The lowest BCUT2D eigenvalue weighted by atomic mass is 10.3. The summed E-state index contributed by atoms with van der Waals surface area (Å²) in [5, 5.41) is 5.25. The van der Waals surface area contributed by atoms with Gasteiger partial charge in [-0.05, 0) is 12.1 Å². The lowest BCUT2D eigenvalue weighted by Gasteiger charge is -2.17. The number of para-hydroxylation sites is 1. The molecule has 7 nitrogen and oxygen atoms in total. The summed E-state index contributed by atoms with van der Waals surface area (Å²) < 4.78 is 0. The Hall–Kier alpha value is -1.99. The van der Waals surface area contributed by atoms with Crippen LogP contribution in [0, 0.1) is 0 Å². The van der Waals surface area contributed by atoms with Gasteiger partial charge >= 0.3 is 6.03 Å². The van der Waals surface area contributed by atoms with Crippen molar-refractivity contribution in [3.63, 3.8) is 0 Å². The van der Waals surface area contributed by atoms with E-state index in [1.165, 1.54) is 7.05 Å². The van der Waals surface area contributed by atoms with E-state index in [4.69, 9.17) is 28.9 Å². The van der Waals surface area contributed by atoms with Crippen molar-refractivity contribution >= 4 is 46.7 Å². The summed E-state index contributed by atoms with van der Waals surface area (Å²) in [4.78, 5) is 35.1. The van der Waals surface area contributed by atoms with Gasteiger partial charge in [-0.2, -0.15) is 0 Å². The van der Waals surface area contributed by atoms with Gasteiger partial charge in [0.2, 0.25) is 11.8 Å². The Balaban J connectivity index is 2.57. The van der Waals surface area contributed by atoms with Crippen LogP contribution in [0.2, 0.25) is 10.0 Å². The molecule has 0 radical (unpaired) electrons. The van der Waals surface area contributed by atoms with E-state index >= 15 is 0 Å². The zero-order valence-corrected chi connectivity index (χ0v) is 12.7. The van der Waals surface area contributed by atoms with Gasteiger partial charge in [0.15, 0.2) is 0 Å². The lowest BCUT2D eigenvalue weighted by Crippen LogP contribution is -2.42. The quantitative estimate of drug-likeness (QED) is 0.750. The number of carbonyl (C=O) groups excluding carboxylic acids is 3. The zero-order valence-electron chi connectivity index (χ0n) is 11.2. The van der Waals surface area contributed by atoms with Crippen molar-refractivity contribution in [2.24, 2.45) is 5.73 Å². The number of halogens is 2. The maximum absolute atomic E-state index is 11.8. The maximum atomic E-state index is 11.8. The van der Waals surface area contributed by atoms with Crippen LogP contribution < -0.4 is 16.4 Å². The summed E-state index contributed by atoms with van der Waals surface area (Å²) in [6.45, 7) is -0.507. The molecule has 0 fully saturated rings. The first-order valence-corrected chi connectivity index (χ1v) is 6.58. The van der Waals surface area contributed by atoms with E-state index in [0.29, 0.717) is 10.0 Å². The number of hydrogen-bond donors (Lipinski definition) is 3. The second-order valence-corrected chi connectivity index (χ2v) is 4.93. The molecule has 4 amide bonds. The smallest absolute Gasteiger partial charge is 0.312 e. The molecule has 114 valence electrons. The number of urea groups is 1. The van der Waals surface area contributed by atoms with E-state index in [-0.39, 0.29) is 18.8 Å². The van der Waals surface area contributed by atoms with Gasteiger partial charge < -0.3 is 21.3 Å². The monoisotopic (exact) mass is 332 g/mol. The van der Waals surface area contributed by atoms with Crippen LogP contribution in [-0.4, -0.2) is 42.9 Å². The Kier molecular flexibility index (Phi) is 6.26. The summed E-state index contributed by atoms with van der Waals surface area (Å²) >= 11 is 11.8. The molecule has 0 bridgehead atoms. The van der Waals surface area contributed by atoms with E-state index in [1.807, 2.05) is 0 Å². The van der Waals surface area contributed by atoms with Crippen LogP contribution in [0.1, 0.15) is 0 Å². The Morgan fingerprint density at radius 2 is 1.81 bits per heavy atom. The van der Waals surface area contributed by atoms with Crippen molar-refractivity contribution < 1.29 is 14.4 Å². The molecule has 4 N–H and O–H groups in total. The highest BCUT2D eigenvalue weighted by Gasteiger charge is 2.15. The largest absolute Gasteiger partial charge is 0.352 e. The van der Waals surface area contributed by atoms with Crippen molar-refractivity contribution in [1.82, 2.24) is 10.2 Å². The molecular weight excluding hydrogens is 319 g/mol. The maximum Gasteiger partial charge on any atom is 0.312 e. The van der Waals surface area contributed by atoms with Crippen LogP contribution in [0.5, 0.6) is 0 Å². The second kappa shape index (κ2) is 7.70. The fraction of sp³-hybridized carbons (Fsp3) is 0.250. The van der Waals surface area contributed by atoms with E-state index in [0.717, 1.165) is 4.90 Å². The summed E-state index contributed by atoms with van der Waals surface area (Å²) in [5.74, 6) is -0.936. The van der Waals surface area contributed by atoms with Crippen molar-refractivity contribution in [3.8, 4) is 0 Å². The van der Waals surface area contributed by atoms with E-state index in [1.54, 1.807) is 18.2 Å². The predicted molar refractivity (Wildman–Crippen MR) is 80.3 cm³/mol. The molecule has 0 unspecified atom stereocenters. The Labute approximate surface area is 131 Å². The molecule has 0 aliphatic rings. The van der Waals surface area contributed by atoms with Gasteiger partial charge in [0.25, 0.3) is 0 Å². The average molecular weight is 333 g/mol. The number of nitrogens with two attached hydrogens (primary N) is 1. The SMILES string of the molecule is CN(CC(=O)Nc1c(Cl)cccc1Cl)C(=O)CNC(N)=O. The van der Waals surface area contributed by atoms with Crippen LogP contribution in [0.25, 0.3) is 0 Å². The van der Waals surface area contributed by atoms with E-state index in [9.17, 15) is 14.4 Å². The Bertz CT molecular complexity index is 545. The first-order valence-electron chi connectivity index (χ1n) is 5.82. The molecule has 1 rings (SSSR count). The first-order chi connectivity index (χ1) is 9.81. The third-order valence-corrected chi connectivity index (χ3v) is 3.08. The highest BCUT2D eigenvalue weighted by atomic mass is 35.5. The highest BCUT2D eigenvalue weighted by molar-refractivity contribution is 6.39. The molecule has 0 aromatic heterocycles. The van der Waals surface area contributed by atoms with Crippen molar-refractivity contribution in [2.75, 3.05) is 25.5 Å². The number of rotatable bonds is 5.